The van der Waals surface area contributed by atoms with Crippen LogP contribution in [-0.2, 0) is 0 Å². The van der Waals surface area contributed by atoms with E-state index in [1.165, 1.54) is 0 Å². The maximum Gasteiger partial charge on any atom is 0.0950 e. The fraction of sp³-hybridized carbons (Fsp3) is 0.400. The lowest BCUT2D eigenvalue weighted by Gasteiger charge is -2.09. The smallest absolute Gasteiger partial charge is 0.0950 e. The number of nitrogens with one attached hydrogen (secondary N) is 1. The van der Waals surface area contributed by atoms with Gasteiger partial charge in [0.15, 0.2) is 0 Å². The zero-order chi connectivity index (χ0) is 8.81. The van der Waals surface area contributed by atoms with Gasteiger partial charge in [-0.3, -0.25) is 0 Å². The summed E-state index contributed by atoms with van der Waals surface area (Å²) >= 11 is 0. The monoisotopic (exact) mass is 163 g/mol. The first kappa shape index (κ1) is 8.89. The van der Waals surface area contributed by atoms with Crippen LogP contribution >= 0.6 is 0 Å². The minimum Gasteiger partial charge on any atom is -0.472 e. The molecule has 0 aromatic carbocycles. The Kier molecular flexibility index (Phi) is 3.43. The van der Waals surface area contributed by atoms with Crippen molar-refractivity contribution in [1.82, 2.24) is 5.32 Å². The lowest BCUT2D eigenvalue weighted by molar-refractivity contribution is 0.547. The number of rotatable bonds is 3. The predicted molar refractivity (Wildman–Crippen MR) is 48.6 cm³/mol. The molecular formula is C10H13NO. The lowest BCUT2D eigenvalue weighted by atomic mass is 10.1. The number of hydrogen-bond donors (Lipinski definition) is 1. The second-order valence-corrected chi connectivity index (χ2v) is 2.53. The van der Waals surface area contributed by atoms with Crippen LogP contribution in [0.15, 0.2) is 23.0 Å². The summed E-state index contributed by atoms with van der Waals surface area (Å²) in [6, 6.07) is 2.24. The van der Waals surface area contributed by atoms with E-state index in [1.807, 2.05) is 20.0 Å². The summed E-state index contributed by atoms with van der Waals surface area (Å²) in [4.78, 5) is 0. The van der Waals surface area contributed by atoms with Gasteiger partial charge >= 0.3 is 0 Å². The topological polar surface area (TPSA) is 25.2 Å². The van der Waals surface area contributed by atoms with Crippen molar-refractivity contribution in [3.63, 3.8) is 0 Å². The number of furan rings is 1. The molecular weight excluding hydrogens is 150 g/mol. The minimum atomic E-state index is 0.288. The highest BCUT2D eigenvalue weighted by molar-refractivity contribution is 5.14. The molecule has 0 saturated heterocycles. The van der Waals surface area contributed by atoms with Gasteiger partial charge in [0.25, 0.3) is 0 Å². The minimum absolute atomic E-state index is 0.288. The molecule has 0 saturated carbocycles. The second-order valence-electron chi connectivity index (χ2n) is 2.53. The van der Waals surface area contributed by atoms with E-state index in [2.05, 4.69) is 17.2 Å². The average molecular weight is 163 g/mol. The van der Waals surface area contributed by atoms with Crippen molar-refractivity contribution in [2.75, 3.05) is 7.05 Å². The molecule has 1 aromatic heterocycles. The molecule has 1 heterocycles. The molecule has 1 atom stereocenters. The zero-order valence-electron chi connectivity index (χ0n) is 7.42. The molecule has 1 unspecified atom stereocenters. The third-order valence-corrected chi connectivity index (χ3v) is 1.78. The van der Waals surface area contributed by atoms with Crippen molar-refractivity contribution in [2.24, 2.45) is 0 Å². The van der Waals surface area contributed by atoms with Gasteiger partial charge in [-0.2, -0.15) is 0 Å². The molecule has 12 heavy (non-hydrogen) atoms. The van der Waals surface area contributed by atoms with E-state index >= 15 is 0 Å². The molecule has 64 valence electrons. The molecule has 0 fully saturated rings. The second kappa shape index (κ2) is 4.63. The molecule has 0 radical (unpaired) electrons. The van der Waals surface area contributed by atoms with Gasteiger partial charge in [-0.05, 0) is 20.0 Å². The lowest BCUT2D eigenvalue weighted by Crippen LogP contribution is -2.14. The van der Waals surface area contributed by atoms with Gasteiger partial charge in [-0.15, -0.1) is 11.8 Å². The Morgan fingerprint density at radius 2 is 2.50 bits per heavy atom. The van der Waals surface area contributed by atoms with Gasteiger partial charge in [0.05, 0.1) is 12.5 Å². The first-order valence-corrected chi connectivity index (χ1v) is 3.97. The van der Waals surface area contributed by atoms with Crippen molar-refractivity contribution < 1.29 is 4.42 Å². The highest BCUT2D eigenvalue weighted by atomic mass is 16.3. The predicted octanol–water partition coefficient (Wildman–Crippen LogP) is 1.95. The number of hydrogen-bond acceptors (Lipinski definition) is 2. The van der Waals surface area contributed by atoms with E-state index in [9.17, 15) is 0 Å². The Morgan fingerprint density at radius 1 is 1.67 bits per heavy atom. The largest absolute Gasteiger partial charge is 0.472 e. The van der Waals surface area contributed by atoms with Gasteiger partial charge < -0.3 is 9.73 Å². The van der Waals surface area contributed by atoms with Gasteiger partial charge in [0, 0.05) is 18.0 Å². The molecule has 2 heteroatoms. The fourth-order valence-corrected chi connectivity index (χ4v) is 1.06. The molecule has 0 aliphatic rings. The van der Waals surface area contributed by atoms with Crippen LogP contribution in [0.25, 0.3) is 0 Å². The molecule has 1 aromatic rings. The zero-order valence-corrected chi connectivity index (χ0v) is 7.42. The van der Waals surface area contributed by atoms with Gasteiger partial charge in [0.1, 0.15) is 0 Å². The summed E-state index contributed by atoms with van der Waals surface area (Å²) in [5.41, 5.74) is 1.15. The van der Waals surface area contributed by atoms with Crippen LogP contribution in [0.3, 0.4) is 0 Å². The normalized spacial score (nSPS) is 11.8. The van der Waals surface area contributed by atoms with Gasteiger partial charge in [-0.25, -0.2) is 0 Å². The fourth-order valence-electron chi connectivity index (χ4n) is 1.06. The molecule has 0 amide bonds. The summed E-state index contributed by atoms with van der Waals surface area (Å²) in [6.45, 7) is 1.85. The van der Waals surface area contributed by atoms with E-state index in [0.29, 0.717) is 0 Å². The van der Waals surface area contributed by atoms with Crippen LogP contribution in [0.1, 0.15) is 24.9 Å². The quantitative estimate of drug-likeness (QED) is 0.689. The maximum absolute atomic E-state index is 4.99. The molecule has 0 aliphatic heterocycles. The Bertz CT molecular complexity index is 266. The van der Waals surface area contributed by atoms with Crippen molar-refractivity contribution in [1.29, 1.82) is 0 Å². The van der Waals surface area contributed by atoms with Crippen molar-refractivity contribution in [3.05, 3.63) is 24.2 Å². The third kappa shape index (κ3) is 2.14. The molecule has 1 rings (SSSR count). The molecule has 0 spiro atoms. The Hall–Kier alpha value is -1.20. The third-order valence-electron chi connectivity index (χ3n) is 1.78. The van der Waals surface area contributed by atoms with Crippen LogP contribution in [0.5, 0.6) is 0 Å². The van der Waals surface area contributed by atoms with E-state index in [0.717, 1.165) is 12.0 Å². The van der Waals surface area contributed by atoms with E-state index in [4.69, 9.17) is 4.42 Å². The Labute approximate surface area is 73.0 Å². The van der Waals surface area contributed by atoms with Crippen molar-refractivity contribution in [3.8, 4) is 11.8 Å². The summed E-state index contributed by atoms with van der Waals surface area (Å²) in [5, 5.41) is 3.18. The Balaban J connectivity index is 2.61. The Morgan fingerprint density at radius 3 is 3.00 bits per heavy atom. The van der Waals surface area contributed by atoms with Gasteiger partial charge in [0.2, 0.25) is 0 Å². The van der Waals surface area contributed by atoms with Crippen LogP contribution in [0, 0.1) is 11.8 Å². The average Bonchev–Trinajstić information content (AvgIpc) is 2.59. The first-order valence-electron chi connectivity index (χ1n) is 3.97. The summed E-state index contributed by atoms with van der Waals surface area (Å²) in [6.07, 6.45) is 4.25. The van der Waals surface area contributed by atoms with Crippen molar-refractivity contribution in [2.45, 2.75) is 19.4 Å². The summed E-state index contributed by atoms with van der Waals surface area (Å²) in [7, 11) is 1.93. The standard InChI is InChI=1S/C10H13NO/c1-3-4-5-10(11-2)9-6-7-12-8-9/h6-8,10-11H,5H2,1-2H3. The molecule has 0 bridgehead atoms. The molecule has 2 nitrogen and oxygen atoms in total. The van der Waals surface area contributed by atoms with E-state index in [1.54, 1.807) is 12.5 Å². The highest BCUT2D eigenvalue weighted by Crippen LogP contribution is 2.15. The van der Waals surface area contributed by atoms with E-state index in [-0.39, 0.29) is 6.04 Å². The van der Waals surface area contributed by atoms with E-state index < -0.39 is 0 Å². The van der Waals surface area contributed by atoms with Crippen LogP contribution in [-0.4, -0.2) is 7.05 Å². The highest BCUT2D eigenvalue weighted by Gasteiger charge is 2.07. The summed E-state index contributed by atoms with van der Waals surface area (Å²) < 4.78 is 4.99. The maximum atomic E-state index is 4.99. The van der Waals surface area contributed by atoms with Gasteiger partial charge in [-0.1, -0.05) is 0 Å². The molecule has 1 N–H and O–H groups in total. The summed E-state index contributed by atoms with van der Waals surface area (Å²) in [5.74, 6) is 5.91. The van der Waals surface area contributed by atoms with Crippen LogP contribution in [0.2, 0.25) is 0 Å². The molecule has 0 aliphatic carbocycles. The van der Waals surface area contributed by atoms with Crippen LogP contribution < -0.4 is 5.32 Å². The SMILES string of the molecule is CC#CCC(NC)c1ccoc1. The van der Waals surface area contributed by atoms with Crippen LogP contribution in [0.4, 0.5) is 0 Å². The van der Waals surface area contributed by atoms with Crippen molar-refractivity contribution >= 4 is 0 Å². The first-order chi connectivity index (χ1) is 5.88.